The average Bonchev–Trinajstić information content (AvgIpc) is 2.56. The van der Waals surface area contributed by atoms with Gasteiger partial charge in [-0.3, -0.25) is 4.79 Å². The first kappa shape index (κ1) is 23.2. The molecule has 0 aromatic heterocycles. The van der Waals surface area contributed by atoms with Crippen molar-refractivity contribution in [3.8, 4) is 0 Å². The highest BCUT2D eigenvalue weighted by Gasteiger charge is 2.47. The van der Waals surface area contributed by atoms with Crippen LogP contribution in [0.2, 0.25) is 0 Å². The maximum Gasteiger partial charge on any atom is 0.303 e. The molecule has 8 nitrogen and oxygen atoms in total. The molecule has 144 valence electrons. The molecule has 0 bridgehead atoms. The number of aliphatic carboxylic acids is 1. The lowest BCUT2D eigenvalue weighted by atomic mass is 9.85. The summed E-state index contributed by atoms with van der Waals surface area (Å²) in [5.41, 5.74) is 0. The summed E-state index contributed by atoms with van der Waals surface area (Å²) in [5.74, 6) is -0.663. The van der Waals surface area contributed by atoms with E-state index >= 15 is 0 Å². The van der Waals surface area contributed by atoms with E-state index in [1.807, 2.05) is 0 Å². The molecule has 1 aliphatic carbocycles. The highest BCUT2D eigenvalue weighted by Crippen LogP contribution is 2.20. The van der Waals surface area contributed by atoms with Crippen molar-refractivity contribution in [2.45, 2.75) is 94.9 Å². The van der Waals surface area contributed by atoms with Crippen molar-refractivity contribution in [3.63, 3.8) is 0 Å². The van der Waals surface area contributed by atoms with Crippen LogP contribution in [0.25, 0.3) is 0 Å². The van der Waals surface area contributed by atoms with Gasteiger partial charge in [-0.2, -0.15) is 0 Å². The smallest absolute Gasteiger partial charge is 0.303 e. The fraction of sp³-hybridized carbons (Fsp3) is 0.938. The SMILES string of the molecule is CCCCCCCCCC(=O)O.OC1C(O)C(O)C(O)C(O)C1O. The van der Waals surface area contributed by atoms with Gasteiger partial charge in [0.25, 0.3) is 0 Å². The third-order valence-corrected chi connectivity index (χ3v) is 4.09. The van der Waals surface area contributed by atoms with E-state index in [-0.39, 0.29) is 0 Å². The van der Waals surface area contributed by atoms with E-state index in [1.165, 1.54) is 32.1 Å². The highest BCUT2D eigenvalue weighted by molar-refractivity contribution is 5.66. The maximum atomic E-state index is 10.1. The first-order valence-corrected chi connectivity index (χ1v) is 8.54. The predicted octanol–water partition coefficient (Wildman–Crippen LogP) is -0.623. The van der Waals surface area contributed by atoms with Gasteiger partial charge >= 0.3 is 5.97 Å². The van der Waals surface area contributed by atoms with E-state index in [1.54, 1.807) is 0 Å². The van der Waals surface area contributed by atoms with Crippen molar-refractivity contribution in [3.05, 3.63) is 0 Å². The van der Waals surface area contributed by atoms with E-state index in [2.05, 4.69) is 6.92 Å². The van der Waals surface area contributed by atoms with Gasteiger partial charge in [0.2, 0.25) is 0 Å². The van der Waals surface area contributed by atoms with E-state index in [4.69, 9.17) is 35.7 Å². The number of carbonyl (C=O) groups is 1. The zero-order valence-corrected chi connectivity index (χ0v) is 14.2. The molecule has 0 amide bonds. The molecule has 0 aromatic rings. The van der Waals surface area contributed by atoms with Gasteiger partial charge in [0.15, 0.2) is 0 Å². The number of aliphatic hydroxyl groups is 6. The van der Waals surface area contributed by atoms with Gasteiger partial charge in [-0.05, 0) is 6.42 Å². The second-order valence-corrected chi connectivity index (χ2v) is 6.21. The zero-order valence-electron chi connectivity index (χ0n) is 14.2. The maximum absolute atomic E-state index is 10.1. The Bertz CT molecular complexity index is 280. The summed E-state index contributed by atoms with van der Waals surface area (Å²) in [7, 11) is 0. The Kier molecular flexibility index (Phi) is 12.2. The molecular formula is C16H32O8. The van der Waals surface area contributed by atoms with Gasteiger partial charge in [-0.25, -0.2) is 0 Å². The molecule has 0 radical (unpaired) electrons. The Labute approximate surface area is 142 Å². The number of hydrogen-bond donors (Lipinski definition) is 7. The molecule has 8 heteroatoms. The van der Waals surface area contributed by atoms with E-state index in [0.717, 1.165) is 12.8 Å². The Morgan fingerprint density at radius 3 is 1.21 bits per heavy atom. The van der Waals surface area contributed by atoms with E-state index in [9.17, 15) is 4.79 Å². The number of rotatable bonds is 8. The molecule has 0 atom stereocenters. The lowest BCUT2D eigenvalue weighted by Gasteiger charge is -2.39. The molecule has 1 saturated carbocycles. The molecule has 24 heavy (non-hydrogen) atoms. The van der Waals surface area contributed by atoms with Crippen LogP contribution in [0.15, 0.2) is 0 Å². The Morgan fingerprint density at radius 1 is 0.625 bits per heavy atom. The van der Waals surface area contributed by atoms with Gasteiger partial charge in [-0.15, -0.1) is 0 Å². The van der Waals surface area contributed by atoms with Crippen molar-refractivity contribution >= 4 is 5.97 Å². The number of carboxylic acid groups (broad SMARTS) is 1. The van der Waals surface area contributed by atoms with Crippen LogP contribution in [-0.4, -0.2) is 78.3 Å². The minimum atomic E-state index is -1.64. The Balaban J connectivity index is 0.000000441. The quantitative estimate of drug-likeness (QED) is 0.285. The molecule has 0 aromatic carbocycles. The predicted molar refractivity (Wildman–Crippen MR) is 86.3 cm³/mol. The van der Waals surface area contributed by atoms with Crippen molar-refractivity contribution in [2.75, 3.05) is 0 Å². The van der Waals surface area contributed by atoms with Crippen LogP contribution in [0.5, 0.6) is 0 Å². The van der Waals surface area contributed by atoms with Gasteiger partial charge < -0.3 is 35.7 Å². The van der Waals surface area contributed by atoms with Crippen LogP contribution in [0.4, 0.5) is 0 Å². The molecule has 0 spiro atoms. The van der Waals surface area contributed by atoms with Crippen LogP contribution >= 0.6 is 0 Å². The van der Waals surface area contributed by atoms with Crippen LogP contribution in [0.3, 0.4) is 0 Å². The summed E-state index contributed by atoms with van der Waals surface area (Å²) in [5, 5.41) is 62.2. The molecular weight excluding hydrogens is 320 g/mol. The summed E-state index contributed by atoms with van der Waals surface area (Å²) < 4.78 is 0. The molecule has 0 saturated heterocycles. The van der Waals surface area contributed by atoms with Crippen LogP contribution in [-0.2, 0) is 4.79 Å². The first-order chi connectivity index (χ1) is 11.2. The summed E-state index contributed by atoms with van der Waals surface area (Å²) in [4.78, 5) is 10.1. The topological polar surface area (TPSA) is 159 Å². The standard InChI is InChI=1S/C10H20O2.C6H12O6/c1-2-3-4-5-6-7-8-9-10(11)12;7-1-2(8)4(10)6(12)5(11)3(1)9/h2-9H2,1H3,(H,11,12);1-12H. The minimum Gasteiger partial charge on any atom is -0.481 e. The van der Waals surface area contributed by atoms with Crippen LogP contribution < -0.4 is 0 Å². The summed E-state index contributed by atoms with van der Waals surface area (Å²) in [6.45, 7) is 2.20. The third kappa shape index (κ3) is 8.36. The average molecular weight is 352 g/mol. The number of aliphatic hydroxyl groups excluding tert-OH is 6. The molecule has 0 heterocycles. The summed E-state index contributed by atoms with van der Waals surface area (Å²) >= 11 is 0. The fourth-order valence-electron chi connectivity index (χ4n) is 2.45. The molecule has 7 N–H and O–H groups in total. The first-order valence-electron chi connectivity index (χ1n) is 8.54. The Morgan fingerprint density at radius 2 is 0.917 bits per heavy atom. The monoisotopic (exact) mass is 352 g/mol. The Hall–Kier alpha value is -0.770. The minimum absolute atomic E-state index is 0.341. The van der Waals surface area contributed by atoms with Crippen molar-refractivity contribution < 1.29 is 40.5 Å². The highest BCUT2D eigenvalue weighted by atomic mass is 16.4. The van der Waals surface area contributed by atoms with Gasteiger partial charge in [0, 0.05) is 6.42 Å². The van der Waals surface area contributed by atoms with Gasteiger partial charge in [-0.1, -0.05) is 45.4 Å². The summed E-state index contributed by atoms with van der Waals surface area (Å²) in [6, 6.07) is 0. The molecule has 1 aliphatic rings. The second kappa shape index (κ2) is 12.6. The number of hydrogen-bond acceptors (Lipinski definition) is 7. The number of unbranched alkanes of at least 4 members (excludes halogenated alkanes) is 6. The van der Waals surface area contributed by atoms with Gasteiger partial charge in [0.1, 0.15) is 36.6 Å². The summed E-state index contributed by atoms with van der Waals surface area (Å²) in [6.07, 6.45) is -1.20. The third-order valence-electron chi connectivity index (χ3n) is 4.09. The fourth-order valence-corrected chi connectivity index (χ4v) is 2.45. The largest absolute Gasteiger partial charge is 0.481 e. The van der Waals surface area contributed by atoms with Crippen LogP contribution in [0.1, 0.15) is 58.3 Å². The lowest BCUT2D eigenvalue weighted by Crippen LogP contribution is -2.63. The van der Waals surface area contributed by atoms with Crippen LogP contribution in [0, 0.1) is 0 Å². The second-order valence-electron chi connectivity index (χ2n) is 6.21. The lowest BCUT2D eigenvalue weighted by molar-refractivity contribution is -0.223. The van der Waals surface area contributed by atoms with Crippen molar-refractivity contribution in [1.82, 2.24) is 0 Å². The molecule has 0 unspecified atom stereocenters. The van der Waals surface area contributed by atoms with E-state index in [0.29, 0.717) is 6.42 Å². The van der Waals surface area contributed by atoms with Crippen molar-refractivity contribution in [1.29, 1.82) is 0 Å². The molecule has 0 aliphatic heterocycles. The number of carboxylic acids is 1. The van der Waals surface area contributed by atoms with E-state index < -0.39 is 42.6 Å². The normalized spacial score (nSPS) is 32.8. The van der Waals surface area contributed by atoms with Gasteiger partial charge in [0.05, 0.1) is 0 Å². The molecule has 1 rings (SSSR count). The van der Waals surface area contributed by atoms with Crippen molar-refractivity contribution in [2.24, 2.45) is 0 Å². The zero-order chi connectivity index (χ0) is 18.7. The molecule has 1 fully saturated rings.